The Hall–Kier alpha value is -3.40. The van der Waals surface area contributed by atoms with Gasteiger partial charge in [-0.05, 0) is 52.3 Å². The van der Waals surface area contributed by atoms with Crippen molar-refractivity contribution >= 4 is 17.5 Å². The summed E-state index contributed by atoms with van der Waals surface area (Å²) in [7, 11) is 1.59. The van der Waals surface area contributed by atoms with Gasteiger partial charge in [-0.1, -0.05) is 62.4 Å². The first-order valence-electron chi connectivity index (χ1n) is 11.8. The molecule has 4 heteroatoms. The minimum atomic E-state index is -0.372. The summed E-state index contributed by atoms with van der Waals surface area (Å²) in [6.45, 7) is 4.45. The van der Waals surface area contributed by atoms with E-state index >= 15 is 0 Å². The van der Waals surface area contributed by atoms with Crippen LogP contribution in [0.2, 0.25) is 0 Å². The zero-order valence-corrected chi connectivity index (χ0v) is 19.1. The van der Waals surface area contributed by atoms with Crippen LogP contribution in [-0.2, 0) is 9.59 Å². The number of rotatable bonds is 4. The standard InChI is InChI=1S/C29H27NO3/c1-4-16(2)17-12-13-22-23(14-17)25-21-11-6-5-10-20(21)24(22)26-27(25)29(32)30(28(26)31)18-8-7-9-19(15-18)33-3/h5-16,24-27H,4H2,1-3H3. The number of benzene rings is 3. The maximum absolute atomic E-state index is 13.9. The van der Waals surface area contributed by atoms with Gasteiger partial charge in [-0.3, -0.25) is 9.59 Å². The summed E-state index contributed by atoms with van der Waals surface area (Å²) in [6.07, 6.45) is 1.07. The molecule has 1 heterocycles. The highest BCUT2D eigenvalue weighted by molar-refractivity contribution is 6.23. The number of carbonyl (C=O) groups is 2. The van der Waals surface area contributed by atoms with Crippen LogP contribution in [0.15, 0.2) is 66.7 Å². The molecule has 7 rings (SSSR count). The van der Waals surface area contributed by atoms with Crippen molar-refractivity contribution in [3.63, 3.8) is 0 Å². The second-order valence-corrected chi connectivity index (χ2v) is 9.55. The molecule has 0 radical (unpaired) electrons. The van der Waals surface area contributed by atoms with Gasteiger partial charge in [0.1, 0.15) is 5.75 Å². The van der Waals surface area contributed by atoms with Crippen molar-refractivity contribution in [1.29, 1.82) is 0 Å². The summed E-state index contributed by atoms with van der Waals surface area (Å²) in [4.78, 5) is 29.2. The minimum absolute atomic E-state index is 0.0933. The lowest BCUT2D eigenvalue weighted by molar-refractivity contribution is -0.122. The molecule has 5 unspecified atom stereocenters. The number of hydrogen-bond donors (Lipinski definition) is 0. The van der Waals surface area contributed by atoms with E-state index in [1.165, 1.54) is 32.7 Å². The summed E-state index contributed by atoms with van der Waals surface area (Å²) >= 11 is 0. The van der Waals surface area contributed by atoms with Gasteiger partial charge in [-0.15, -0.1) is 0 Å². The van der Waals surface area contributed by atoms with Gasteiger partial charge in [0.25, 0.3) is 0 Å². The van der Waals surface area contributed by atoms with E-state index in [0.29, 0.717) is 17.4 Å². The largest absolute Gasteiger partial charge is 0.497 e. The molecule has 33 heavy (non-hydrogen) atoms. The molecular formula is C29H27NO3. The van der Waals surface area contributed by atoms with E-state index in [4.69, 9.17) is 4.74 Å². The summed E-state index contributed by atoms with van der Waals surface area (Å²) in [6, 6.07) is 22.4. The molecule has 0 aromatic heterocycles. The van der Waals surface area contributed by atoms with E-state index in [9.17, 15) is 9.59 Å². The van der Waals surface area contributed by atoms with E-state index < -0.39 is 0 Å². The van der Waals surface area contributed by atoms with Crippen LogP contribution in [0.3, 0.4) is 0 Å². The maximum Gasteiger partial charge on any atom is 0.238 e. The van der Waals surface area contributed by atoms with Crippen molar-refractivity contribution in [2.45, 2.75) is 38.0 Å². The third-order valence-corrected chi connectivity index (χ3v) is 8.06. The molecule has 1 fully saturated rings. The van der Waals surface area contributed by atoms with Crippen molar-refractivity contribution in [1.82, 2.24) is 0 Å². The molecule has 1 saturated heterocycles. The minimum Gasteiger partial charge on any atom is -0.497 e. The highest BCUT2D eigenvalue weighted by Gasteiger charge is 2.61. The fraction of sp³-hybridized carbons (Fsp3) is 0.310. The molecule has 3 aromatic carbocycles. The van der Waals surface area contributed by atoms with Crippen LogP contribution >= 0.6 is 0 Å². The molecule has 4 aliphatic rings. The molecule has 1 aliphatic heterocycles. The van der Waals surface area contributed by atoms with E-state index in [2.05, 4.69) is 44.2 Å². The summed E-state index contributed by atoms with van der Waals surface area (Å²) in [5.74, 6) is -0.0335. The number of hydrogen-bond acceptors (Lipinski definition) is 3. The van der Waals surface area contributed by atoms with E-state index in [0.717, 1.165) is 6.42 Å². The van der Waals surface area contributed by atoms with Crippen LogP contribution in [0.4, 0.5) is 5.69 Å². The van der Waals surface area contributed by atoms with Crippen molar-refractivity contribution in [2.75, 3.05) is 12.0 Å². The Morgan fingerprint density at radius 3 is 2.09 bits per heavy atom. The summed E-state index contributed by atoms with van der Waals surface area (Å²) in [5.41, 5.74) is 6.73. The molecular weight excluding hydrogens is 410 g/mol. The molecule has 2 bridgehead atoms. The predicted molar refractivity (Wildman–Crippen MR) is 128 cm³/mol. The molecule has 2 amide bonds. The van der Waals surface area contributed by atoms with Crippen LogP contribution in [-0.4, -0.2) is 18.9 Å². The van der Waals surface area contributed by atoms with Gasteiger partial charge in [0.15, 0.2) is 0 Å². The SMILES string of the molecule is CCC(C)c1ccc2c(c1)C1c3ccccc3C2C2C(=O)N(c3cccc(OC)c3)C(=O)C12. The quantitative estimate of drug-likeness (QED) is 0.499. The van der Waals surface area contributed by atoms with Crippen LogP contribution < -0.4 is 9.64 Å². The second-order valence-electron chi connectivity index (χ2n) is 9.55. The van der Waals surface area contributed by atoms with Gasteiger partial charge in [0.05, 0.1) is 24.6 Å². The average molecular weight is 438 g/mol. The van der Waals surface area contributed by atoms with Crippen molar-refractivity contribution in [3.05, 3.63) is 94.5 Å². The number of methoxy groups -OCH3 is 1. The Morgan fingerprint density at radius 1 is 0.818 bits per heavy atom. The molecule has 3 aromatic rings. The maximum atomic E-state index is 13.9. The Kier molecular flexibility index (Phi) is 4.48. The average Bonchev–Trinajstić information content (AvgIpc) is 3.13. The Bertz CT molecular complexity index is 1300. The molecule has 166 valence electrons. The van der Waals surface area contributed by atoms with E-state index in [1.54, 1.807) is 13.2 Å². The monoisotopic (exact) mass is 437 g/mol. The predicted octanol–water partition coefficient (Wildman–Crippen LogP) is 5.61. The highest BCUT2D eigenvalue weighted by atomic mass is 16.5. The van der Waals surface area contributed by atoms with Crippen LogP contribution in [0.1, 0.15) is 65.8 Å². The number of anilines is 1. The summed E-state index contributed by atoms with van der Waals surface area (Å²) < 4.78 is 5.36. The molecule has 4 nitrogen and oxygen atoms in total. The molecule has 3 aliphatic carbocycles. The van der Waals surface area contributed by atoms with Crippen molar-refractivity contribution in [3.8, 4) is 5.75 Å². The Morgan fingerprint density at radius 2 is 1.45 bits per heavy atom. The first-order chi connectivity index (χ1) is 16.0. The third-order valence-electron chi connectivity index (χ3n) is 8.06. The fourth-order valence-corrected chi connectivity index (χ4v) is 6.29. The number of imide groups is 1. The van der Waals surface area contributed by atoms with E-state index in [1.807, 2.05) is 30.3 Å². The Labute approximate surface area is 194 Å². The van der Waals surface area contributed by atoms with Gasteiger partial charge in [-0.25, -0.2) is 4.90 Å². The normalized spacial score (nSPS) is 25.5. The lowest BCUT2D eigenvalue weighted by atomic mass is 9.54. The van der Waals surface area contributed by atoms with Crippen LogP contribution in [0.5, 0.6) is 5.75 Å². The molecule has 5 atom stereocenters. The first kappa shape index (κ1) is 20.2. The van der Waals surface area contributed by atoms with Crippen LogP contribution in [0.25, 0.3) is 0 Å². The molecule has 0 N–H and O–H groups in total. The van der Waals surface area contributed by atoms with Gasteiger partial charge in [-0.2, -0.15) is 0 Å². The first-order valence-corrected chi connectivity index (χ1v) is 11.8. The fourth-order valence-electron chi connectivity index (χ4n) is 6.29. The van der Waals surface area contributed by atoms with E-state index in [-0.39, 0.29) is 35.5 Å². The van der Waals surface area contributed by atoms with Gasteiger partial charge < -0.3 is 4.74 Å². The lowest BCUT2D eigenvalue weighted by Gasteiger charge is -2.46. The van der Waals surface area contributed by atoms with Gasteiger partial charge >= 0.3 is 0 Å². The number of amides is 2. The van der Waals surface area contributed by atoms with Crippen molar-refractivity contribution in [2.24, 2.45) is 11.8 Å². The van der Waals surface area contributed by atoms with Gasteiger partial charge in [0, 0.05) is 17.9 Å². The topological polar surface area (TPSA) is 46.6 Å². The Balaban J connectivity index is 1.53. The number of ether oxygens (including phenoxy) is 1. The lowest BCUT2D eigenvalue weighted by Crippen LogP contribution is -2.41. The summed E-state index contributed by atoms with van der Waals surface area (Å²) in [5, 5.41) is 0. The zero-order chi connectivity index (χ0) is 22.9. The number of nitrogens with zero attached hydrogens (tertiary/aromatic N) is 1. The molecule has 0 spiro atoms. The zero-order valence-electron chi connectivity index (χ0n) is 19.1. The number of carbonyl (C=O) groups excluding carboxylic acids is 2. The highest BCUT2D eigenvalue weighted by Crippen LogP contribution is 2.61. The van der Waals surface area contributed by atoms with Crippen molar-refractivity contribution < 1.29 is 14.3 Å². The third kappa shape index (κ3) is 2.70. The smallest absolute Gasteiger partial charge is 0.238 e. The van der Waals surface area contributed by atoms with Gasteiger partial charge in [0.2, 0.25) is 11.8 Å². The second kappa shape index (κ2) is 7.31. The van der Waals surface area contributed by atoms with Crippen LogP contribution in [0, 0.1) is 11.8 Å². The molecule has 0 saturated carbocycles.